The van der Waals surface area contributed by atoms with E-state index in [-0.39, 0.29) is 29.9 Å². The first-order valence-corrected chi connectivity index (χ1v) is 12.1. The molecule has 32 heavy (non-hydrogen) atoms. The zero-order valence-corrected chi connectivity index (χ0v) is 19.1. The van der Waals surface area contributed by atoms with Gasteiger partial charge in [-0.1, -0.05) is 32.6 Å². The van der Waals surface area contributed by atoms with Crippen LogP contribution >= 0.6 is 0 Å². The Kier molecular flexibility index (Phi) is 9.19. The summed E-state index contributed by atoms with van der Waals surface area (Å²) in [5.74, 6) is -0.113. The summed E-state index contributed by atoms with van der Waals surface area (Å²) in [5, 5.41) is 11.8. The molecule has 1 unspecified atom stereocenters. The van der Waals surface area contributed by atoms with Gasteiger partial charge in [-0.05, 0) is 56.4 Å². The Bertz CT molecular complexity index is 761. The standard InChI is InChI=1S/C24H37N5O3/c1-2-3-15-25-22(30)18-8-7-16-29(17-18)24(32)28-21-13-11-20(12-14-21)27-23(31)26-19-9-5-4-6-10-19/h11-14,18-19H,2-10,15-17H2,1H3,(H,25,30)(H,28,32)(H2,26,27,31). The van der Waals surface area contributed by atoms with Crippen LogP contribution in [0.15, 0.2) is 24.3 Å². The van der Waals surface area contributed by atoms with Crippen molar-refractivity contribution in [2.24, 2.45) is 5.92 Å². The van der Waals surface area contributed by atoms with E-state index in [9.17, 15) is 14.4 Å². The summed E-state index contributed by atoms with van der Waals surface area (Å²) in [6.07, 6.45) is 9.29. The van der Waals surface area contributed by atoms with Gasteiger partial charge in [-0.3, -0.25) is 4.79 Å². The molecule has 1 saturated carbocycles. The molecule has 1 aromatic carbocycles. The molecule has 1 atom stereocenters. The monoisotopic (exact) mass is 443 g/mol. The molecular formula is C24H37N5O3. The number of nitrogens with one attached hydrogen (secondary N) is 4. The smallest absolute Gasteiger partial charge is 0.321 e. The average molecular weight is 444 g/mol. The van der Waals surface area contributed by atoms with Crippen molar-refractivity contribution >= 4 is 29.3 Å². The van der Waals surface area contributed by atoms with Gasteiger partial charge < -0.3 is 26.2 Å². The Labute approximate surface area is 190 Å². The minimum absolute atomic E-state index is 0.0397. The average Bonchev–Trinajstić information content (AvgIpc) is 2.81. The lowest BCUT2D eigenvalue weighted by molar-refractivity contribution is -0.126. The van der Waals surface area contributed by atoms with Crippen LogP contribution in [0.4, 0.5) is 21.0 Å². The number of anilines is 2. The lowest BCUT2D eigenvalue weighted by atomic mass is 9.96. The number of amides is 5. The molecule has 8 nitrogen and oxygen atoms in total. The van der Waals surface area contributed by atoms with Gasteiger partial charge in [0.2, 0.25) is 5.91 Å². The number of carbonyl (C=O) groups excluding carboxylic acids is 3. The van der Waals surface area contributed by atoms with Crippen LogP contribution in [0.1, 0.15) is 64.7 Å². The van der Waals surface area contributed by atoms with Crippen molar-refractivity contribution in [1.82, 2.24) is 15.5 Å². The van der Waals surface area contributed by atoms with E-state index in [1.165, 1.54) is 19.3 Å². The molecule has 1 heterocycles. The van der Waals surface area contributed by atoms with Crippen molar-refractivity contribution in [1.29, 1.82) is 0 Å². The van der Waals surface area contributed by atoms with Gasteiger partial charge in [0.05, 0.1) is 5.92 Å². The molecule has 0 aromatic heterocycles. The maximum atomic E-state index is 12.7. The molecule has 5 amide bonds. The van der Waals surface area contributed by atoms with E-state index in [1.807, 2.05) is 0 Å². The minimum Gasteiger partial charge on any atom is -0.356 e. The van der Waals surface area contributed by atoms with E-state index >= 15 is 0 Å². The number of likely N-dealkylation sites (tertiary alicyclic amines) is 1. The Hall–Kier alpha value is -2.77. The molecule has 0 radical (unpaired) electrons. The molecule has 1 aliphatic carbocycles. The molecule has 8 heteroatoms. The molecule has 3 rings (SSSR count). The summed E-state index contributed by atoms with van der Waals surface area (Å²) >= 11 is 0. The van der Waals surface area contributed by atoms with Crippen molar-refractivity contribution in [3.63, 3.8) is 0 Å². The molecule has 1 aliphatic heterocycles. The maximum Gasteiger partial charge on any atom is 0.321 e. The van der Waals surface area contributed by atoms with Gasteiger partial charge in [0.25, 0.3) is 0 Å². The van der Waals surface area contributed by atoms with E-state index in [4.69, 9.17) is 0 Å². The van der Waals surface area contributed by atoms with Gasteiger partial charge in [-0.25, -0.2) is 9.59 Å². The Balaban J connectivity index is 1.44. The largest absolute Gasteiger partial charge is 0.356 e. The van der Waals surface area contributed by atoms with Gasteiger partial charge in [-0.2, -0.15) is 0 Å². The molecule has 2 aliphatic rings. The van der Waals surface area contributed by atoms with Crippen LogP contribution < -0.4 is 21.3 Å². The second kappa shape index (κ2) is 12.3. The highest BCUT2D eigenvalue weighted by Crippen LogP contribution is 2.20. The lowest BCUT2D eigenvalue weighted by Crippen LogP contribution is -2.47. The number of carbonyl (C=O) groups is 3. The SMILES string of the molecule is CCCCNC(=O)C1CCCN(C(=O)Nc2ccc(NC(=O)NC3CCCCC3)cc2)C1. The highest BCUT2D eigenvalue weighted by Gasteiger charge is 2.28. The molecule has 2 fully saturated rings. The third kappa shape index (κ3) is 7.43. The van der Waals surface area contributed by atoms with Crippen LogP contribution in [-0.2, 0) is 4.79 Å². The highest BCUT2D eigenvalue weighted by molar-refractivity contribution is 5.92. The van der Waals surface area contributed by atoms with E-state index in [1.54, 1.807) is 29.2 Å². The van der Waals surface area contributed by atoms with E-state index in [0.29, 0.717) is 31.0 Å². The van der Waals surface area contributed by atoms with Crippen LogP contribution in [0.2, 0.25) is 0 Å². The number of rotatable bonds is 7. The molecular weight excluding hydrogens is 406 g/mol. The Morgan fingerprint density at radius 2 is 1.62 bits per heavy atom. The summed E-state index contributed by atoms with van der Waals surface area (Å²) in [4.78, 5) is 38.9. The van der Waals surface area contributed by atoms with Crippen molar-refractivity contribution in [3.8, 4) is 0 Å². The molecule has 1 aromatic rings. The minimum atomic E-state index is -0.202. The first-order chi connectivity index (χ1) is 15.5. The number of hydrogen-bond donors (Lipinski definition) is 4. The third-order valence-electron chi connectivity index (χ3n) is 6.24. The predicted octanol–water partition coefficient (Wildman–Crippen LogP) is 4.30. The number of piperidine rings is 1. The third-order valence-corrected chi connectivity index (χ3v) is 6.24. The second-order valence-corrected chi connectivity index (χ2v) is 8.87. The van der Waals surface area contributed by atoms with E-state index < -0.39 is 0 Å². The van der Waals surface area contributed by atoms with Crippen LogP contribution in [0, 0.1) is 5.92 Å². The topological polar surface area (TPSA) is 103 Å². The maximum absolute atomic E-state index is 12.7. The van der Waals surface area contributed by atoms with Crippen LogP contribution in [0.25, 0.3) is 0 Å². The van der Waals surface area contributed by atoms with Gasteiger partial charge in [0.1, 0.15) is 0 Å². The van der Waals surface area contributed by atoms with Crippen LogP contribution in [0.5, 0.6) is 0 Å². The van der Waals surface area contributed by atoms with Gasteiger partial charge >= 0.3 is 12.1 Å². The Morgan fingerprint density at radius 3 is 2.31 bits per heavy atom. The van der Waals surface area contributed by atoms with E-state index in [2.05, 4.69) is 28.2 Å². The first kappa shape index (κ1) is 23.9. The summed E-state index contributed by atoms with van der Waals surface area (Å²) in [5.41, 5.74) is 1.33. The molecule has 176 valence electrons. The lowest BCUT2D eigenvalue weighted by Gasteiger charge is -2.32. The van der Waals surface area contributed by atoms with Crippen molar-refractivity contribution in [2.75, 3.05) is 30.3 Å². The van der Waals surface area contributed by atoms with Gasteiger partial charge in [0.15, 0.2) is 0 Å². The summed E-state index contributed by atoms with van der Waals surface area (Å²) in [7, 11) is 0. The normalized spacial score (nSPS) is 19.2. The molecule has 0 spiro atoms. The highest BCUT2D eigenvalue weighted by atomic mass is 16.2. The van der Waals surface area contributed by atoms with Crippen LogP contribution in [0.3, 0.4) is 0 Å². The van der Waals surface area contributed by atoms with Crippen LogP contribution in [-0.4, -0.2) is 48.5 Å². The fraction of sp³-hybridized carbons (Fsp3) is 0.625. The fourth-order valence-corrected chi connectivity index (χ4v) is 4.35. The fourth-order valence-electron chi connectivity index (χ4n) is 4.35. The number of unbranched alkanes of at least 4 members (excludes halogenated alkanes) is 1. The van der Waals surface area contributed by atoms with Gasteiger partial charge in [-0.15, -0.1) is 0 Å². The molecule has 1 saturated heterocycles. The Morgan fingerprint density at radius 1 is 0.938 bits per heavy atom. The molecule has 0 bridgehead atoms. The summed E-state index contributed by atoms with van der Waals surface area (Å²) < 4.78 is 0. The number of urea groups is 2. The first-order valence-electron chi connectivity index (χ1n) is 12.1. The van der Waals surface area contributed by atoms with Gasteiger partial charge in [0, 0.05) is 37.1 Å². The molecule has 4 N–H and O–H groups in total. The van der Waals surface area contributed by atoms with Crippen molar-refractivity contribution in [2.45, 2.75) is 70.8 Å². The van der Waals surface area contributed by atoms with Crippen molar-refractivity contribution < 1.29 is 14.4 Å². The van der Waals surface area contributed by atoms with Crippen molar-refractivity contribution in [3.05, 3.63) is 24.3 Å². The zero-order chi connectivity index (χ0) is 22.8. The van der Waals surface area contributed by atoms with E-state index in [0.717, 1.165) is 38.5 Å². The zero-order valence-electron chi connectivity index (χ0n) is 19.1. The summed E-state index contributed by atoms with van der Waals surface area (Å²) in [6, 6.07) is 6.95. The number of nitrogens with zero attached hydrogens (tertiary/aromatic N) is 1. The summed E-state index contributed by atoms with van der Waals surface area (Å²) in [6.45, 7) is 3.86. The number of benzene rings is 1. The predicted molar refractivity (Wildman–Crippen MR) is 127 cm³/mol. The quantitative estimate of drug-likeness (QED) is 0.472. The second-order valence-electron chi connectivity index (χ2n) is 8.87. The number of hydrogen-bond acceptors (Lipinski definition) is 3.